The number of nitrogens with one attached hydrogen (secondary N) is 1. The highest BCUT2D eigenvalue weighted by atomic mass is 16.2. The first-order chi connectivity index (χ1) is 9.29. The maximum atomic E-state index is 12.3. The summed E-state index contributed by atoms with van der Waals surface area (Å²) in [6, 6.07) is 3.95. The molecule has 0 unspecified atom stereocenters. The van der Waals surface area contributed by atoms with Crippen molar-refractivity contribution >= 4 is 5.91 Å². The van der Waals surface area contributed by atoms with Gasteiger partial charge in [-0.2, -0.15) is 0 Å². The van der Waals surface area contributed by atoms with Crippen molar-refractivity contribution in [3.8, 4) is 0 Å². The molecule has 1 aliphatic heterocycles. The smallest absolute Gasteiger partial charge is 0.223 e. The van der Waals surface area contributed by atoms with Crippen LogP contribution in [0.15, 0.2) is 24.5 Å². The van der Waals surface area contributed by atoms with E-state index in [4.69, 9.17) is 0 Å². The van der Waals surface area contributed by atoms with Crippen molar-refractivity contribution in [1.29, 1.82) is 0 Å². The second kappa shape index (κ2) is 7.24. The molecule has 1 fully saturated rings. The molecule has 2 heterocycles. The molecule has 19 heavy (non-hydrogen) atoms. The summed E-state index contributed by atoms with van der Waals surface area (Å²) in [5, 5.41) is 3.34. The Bertz CT molecular complexity index is 388. The van der Waals surface area contributed by atoms with Crippen molar-refractivity contribution < 1.29 is 4.79 Å². The molecule has 1 aromatic rings. The summed E-state index contributed by atoms with van der Waals surface area (Å²) < 4.78 is 0. The van der Waals surface area contributed by atoms with E-state index in [1.807, 2.05) is 24.0 Å². The quantitative estimate of drug-likeness (QED) is 0.879. The number of piperidine rings is 1. The number of amides is 1. The topological polar surface area (TPSA) is 45.2 Å². The summed E-state index contributed by atoms with van der Waals surface area (Å²) in [5.41, 5.74) is 1.15. The van der Waals surface area contributed by atoms with Gasteiger partial charge < -0.3 is 10.2 Å². The van der Waals surface area contributed by atoms with Gasteiger partial charge in [-0.25, -0.2) is 0 Å². The number of rotatable bonds is 5. The van der Waals surface area contributed by atoms with E-state index >= 15 is 0 Å². The highest BCUT2D eigenvalue weighted by Crippen LogP contribution is 2.18. The minimum absolute atomic E-state index is 0.284. The van der Waals surface area contributed by atoms with Crippen molar-refractivity contribution in [2.75, 3.05) is 19.6 Å². The molecule has 0 atom stereocenters. The Hall–Kier alpha value is -1.42. The molecule has 4 heteroatoms. The second-order valence-corrected chi connectivity index (χ2v) is 5.16. The van der Waals surface area contributed by atoms with Gasteiger partial charge in [0.05, 0.1) is 0 Å². The number of hydrogen-bond acceptors (Lipinski definition) is 3. The lowest BCUT2D eigenvalue weighted by Crippen LogP contribution is -2.35. The van der Waals surface area contributed by atoms with E-state index in [0.29, 0.717) is 18.9 Å². The predicted octanol–water partition coefficient (Wildman–Crippen LogP) is 1.82. The fraction of sp³-hybridized carbons (Fsp3) is 0.600. The van der Waals surface area contributed by atoms with Crippen LogP contribution >= 0.6 is 0 Å². The van der Waals surface area contributed by atoms with Crippen LogP contribution in [-0.4, -0.2) is 35.4 Å². The lowest BCUT2D eigenvalue weighted by atomic mass is 9.94. The van der Waals surface area contributed by atoms with Crippen LogP contribution < -0.4 is 5.32 Å². The highest BCUT2D eigenvalue weighted by molar-refractivity contribution is 5.76. The van der Waals surface area contributed by atoms with E-state index in [1.165, 1.54) is 0 Å². The van der Waals surface area contributed by atoms with Crippen molar-refractivity contribution in [3.63, 3.8) is 0 Å². The van der Waals surface area contributed by atoms with Crippen LogP contribution in [0.5, 0.6) is 0 Å². The van der Waals surface area contributed by atoms with Crippen LogP contribution in [0, 0.1) is 5.92 Å². The third-order valence-electron chi connectivity index (χ3n) is 3.78. The molecule has 0 bridgehead atoms. The van der Waals surface area contributed by atoms with E-state index < -0.39 is 0 Å². The SMILES string of the molecule is CCN(Cc1ccncc1)C(=O)CC1CCNCC1. The summed E-state index contributed by atoms with van der Waals surface area (Å²) in [7, 11) is 0. The first kappa shape index (κ1) is 14.0. The number of carbonyl (C=O) groups excluding carboxylic acids is 1. The molecule has 4 nitrogen and oxygen atoms in total. The molecule has 104 valence electrons. The van der Waals surface area contributed by atoms with Gasteiger partial charge in [0.1, 0.15) is 0 Å². The van der Waals surface area contributed by atoms with Gasteiger partial charge in [0.2, 0.25) is 5.91 Å². The zero-order valence-corrected chi connectivity index (χ0v) is 11.6. The molecule has 0 radical (unpaired) electrons. The third kappa shape index (κ3) is 4.31. The minimum Gasteiger partial charge on any atom is -0.339 e. The summed E-state index contributed by atoms with van der Waals surface area (Å²) in [5.74, 6) is 0.839. The lowest BCUT2D eigenvalue weighted by molar-refractivity contribution is -0.132. The molecule has 1 aliphatic rings. The third-order valence-corrected chi connectivity index (χ3v) is 3.78. The van der Waals surface area contributed by atoms with Gasteiger partial charge in [0.15, 0.2) is 0 Å². The number of aromatic nitrogens is 1. The monoisotopic (exact) mass is 261 g/mol. The molecule has 1 N–H and O–H groups in total. The van der Waals surface area contributed by atoms with Crippen molar-refractivity contribution in [1.82, 2.24) is 15.2 Å². The van der Waals surface area contributed by atoms with E-state index in [-0.39, 0.29) is 5.91 Å². The molecule has 0 aromatic carbocycles. The van der Waals surface area contributed by atoms with E-state index in [0.717, 1.165) is 38.0 Å². The van der Waals surface area contributed by atoms with Crippen molar-refractivity contribution in [2.45, 2.75) is 32.7 Å². The average molecular weight is 261 g/mol. The fourth-order valence-electron chi connectivity index (χ4n) is 2.55. The first-order valence-corrected chi connectivity index (χ1v) is 7.17. The van der Waals surface area contributed by atoms with Crippen molar-refractivity contribution in [3.05, 3.63) is 30.1 Å². The van der Waals surface area contributed by atoms with Gasteiger partial charge >= 0.3 is 0 Å². The van der Waals surface area contributed by atoms with Gasteiger partial charge in [-0.1, -0.05) is 0 Å². The average Bonchev–Trinajstić information content (AvgIpc) is 2.47. The van der Waals surface area contributed by atoms with Crippen LogP contribution in [0.25, 0.3) is 0 Å². The van der Waals surface area contributed by atoms with E-state index in [9.17, 15) is 4.79 Å². The maximum Gasteiger partial charge on any atom is 0.223 e. The Kier molecular flexibility index (Phi) is 5.33. The van der Waals surface area contributed by atoms with Gasteiger partial charge in [-0.15, -0.1) is 0 Å². The molecule has 1 amide bonds. The number of hydrogen-bond donors (Lipinski definition) is 1. The Morgan fingerprint density at radius 1 is 1.37 bits per heavy atom. The van der Waals surface area contributed by atoms with Gasteiger partial charge in [-0.3, -0.25) is 9.78 Å². The zero-order chi connectivity index (χ0) is 13.5. The fourth-order valence-corrected chi connectivity index (χ4v) is 2.55. The molecule has 2 rings (SSSR count). The molecule has 0 aliphatic carbocycles. The standard InChI is InChI=1S/C15H23N3O/c1-2-18(12-14-5-9-17-10-6-14)15(19)11-13-3-7-16-8-4-13/h5-6,9-10,13,16H,2-4,7-8,11-12H2,1H3. The van der Waals surface area contributed by atoms with Crippen LogP contribution in [-0.2, 0) is 11.3 Å². The maximum absolute atomic E-state index is 12.3. The van der Waals surface area contributed by atoms with E-state index in [1.54, 1.807) is 12.4 Å². The zero-order valence-electron chi connectivity index (χ0n) is 11.6. The van der Waals surface area contributed by atoms with Gasteiger partial charge in [0, 0.05) is 31.9 Å². The van der Waals surface area contributed by atoms with Gasteiger partial charge in [-0.05, 0) is 56.5 Å². The molecule has 1 saturated heterocycles. The van der Waals surface area contributed by atoms with Crippen LogP contribution in [0.2, 0.25) is 0 Å². The Labute approximate surface area is 115 Å². The molecule has 1 aromatic heterocycles. The Morgan fingerprint density at radius 2 is 2.05 bits per heavy atom. The van der Waals surface area contributed by atoms with Crippen molar-refractivity contribution in [2.24, 2.45) is 5.92 Å². The summed E-state index contributed by atoms with van der Waals surface area (Å²) >= 11 is 0. The Morgan fingerprint density at radius 3 is 2.68 bits per heavy atom. The summed E-state index contributed by atoms with van der Waals surface area (Å²) in [6.07, 6.45) is 6.50. The van der Waals surface area contributed by atoms with Gasteiger partial charge in [0.25, 0.3) is 0 Å². The molecule has 0 spiro atoms. The molecular weight excluding hydrogens is 238 g/mol. The summed E-state index contributed by atoms with van der Waals surface area (Å²) in [6.45, 7) is 5.61. The normalized spacial score (nSPS) is 16.3. The highest BCUT2D eigenvalue weighted by Gasteiger charge is 2.20. The first-order valence-electron chi connectivity index (χ1n) is 7.17. The molecular formula is C15H23N3O. The summed E-state index contributed by atoms with van der Waals surface area (Å²) in [4.78, 5) is 18.3. The molecule has 0 saturated carbocycles. The van der Waals surface area contributed by atoms with Crippen LogP contribution in [0.3, 0.4) is 0 Å². The largest absolute Gasteiger partial charge is 0.339 e. The Balaban J connectivity index is 1.87. The number of carbonyl (C=O) groups is 1. The minimum atomic E-state index is 0.284. The number of nitrogens with zero attached hydrogens (tertiary/aromatic N) is 2. The number of pyridine rings is 1. The second-order valence-electron chi connectivity index (χ2n) is 5.16. The van der Waals surface area contributed by atoms with Crippen LogP contribution in [0.1, 0.15) is 31.7 Å². The predicted molar refractivity (Wildman–Crippen MR) is 75.5 cm³/mol. The lowest BCUT2D eigenvalue weighted by Gasteiger charge is -2.26. The van der Waals surface area contributed by atoms with Crippen LogP contribution in [0.4, 0.5) is 0 Å². The van der Waals surface area contributed by atoms with E-state index in [2.05, 4.69) is 10.3 Å².